The largest absolute Gasteiger partial charge is 0.416 e. The molecule has 4 nitrogen and oxygen atoms in total. The third-order valence-corrected chi connectivity index (χ3v) is 3.52. The number of benzene rings is 1. The molecule has 3 N–H and O–H groups in total. The fourth-order valence-electron chi connectivity index (χ4n) is 1.82. The molecular formula is C13H9F3N4S. The highest BCUT2D eigenvalue weighted by Crippen LogP contribution is 2.34. The molecule has 3 aromatic rings. The lowest BCUT2D eigenvalue weighted by Crippen LogP contribution is -2.07. The first kappa shape index (κ1) is 13.7. The number of aromatic amines is 1. The number of hydrogen-bond acceptors (Lipinski definition) is 4. The van der Waals surface area contributed by atoms with E-state index in [0.717, 1.165) is 34.9 Å². The first-order valence-corrected chi connectivity index (χ1v) is 6.71. The van der Waals surface area contributed by atoms with Gasteiger partial charge in [-0.1, -0.05) is 12.1 Å². The number of alkyl halides is 3. The van der Waals surface area contributed by atoms with Gasteiger partial charge in [-0.3, -0.25) is 0 Å². The Hall–Kier alpha value is -2.22. The van der Waals surface area contributed by atoms with E-state index in [2.05, 4.69) is 15.0 Å². The van der Waals surface area contributed by atoms with Crippen molar-refractivity contribution >= 4 is 28.6 Å². The molecule has 2 aromatic heterocycles. The van der Waals surface area contributed by atoms with E-state index in [1.807, 2.05) is 24.3 Å². The Labute approximate surface area is 121 Å². The van der Waals surface area contributed by atoms with Crippen molar-refractivity contribution in [2.24, 2.45) is 0 Å². The fraction of sp³-hybridized carbons (Fsp3) is 0.0769. The zero-order valence-electron chi connectivity index (χ0n) is 10.5. The monoisotopic (exact) mass is 310 g/mol. The van der Waals surface area contributed by atoms with Gasteiger partial charge in [0, 0.05) is 0 Å². The fourth-order valence-corrected chi connectivity index (χ4v) is 2.66. The lowest BCUT2D eigenvalue weighted by atomic mass is 10.2. The van der Waals surface area contributed by atoms with Crippen LogP contribution in [0.2, 0.25) is 0 Å². The molecule has 0 bridgehead atoms. The minimum atomic E-state index is -4.46. The van der Waals surface area contributed by atoms with E-state index in [-0.39, 0.29) is 10.8 Å². The summed E-state index contributed by atoms with van der Waals surface area (Å²) >= 11 is 1.000. The van der Waals surface area contributed by atoms with Crippen molar-refractivity contribution in [1.82, 2.24) is 15.0 Å². The van der Waals surface area contributed by atoms with Crippen molar-refractivity contribution in [2.75, 3.05) is 5.73 Å². The number of nitrogens with one attached hydrogen (secondary N) is 1. The van der Waals surface area contributed by atoms with Crippen LogP contribution < -0.4 is 5.73 Å². The predicted molar refractivity (Wildman–Crippen MR) is 73.9 cm³/mol. The molecule has 108 valence electrons. The molecule has 0 aliphatic carbocycles. The second-order valence-corrected chi connectivity index (χ2v) is 5.29. The normalized spacial score (nSPS) is 12.0. The number of aromatic nitrogens is 3. The molecule has 8 heteroatoms. The van der Waals surface area contributed by atoms with Crippen molar-refractivity contribution in [3.8, 4) is 0 Å². The van der Waals surface area contributed by atoms with Crippen molar-refractivity contribution in [3.63, 3.8) is 0 Å². The van der Waals surface area contributed by atoms with Gasteiger partial charge in [-0.15, -0.1) is 0 Å². The van der Waals surface area contributed by atoms with Crippen LogP contribution in [0.15, 0.2) is 46.6 Å². The number of fused-ring (bicyclic) bond motifs is 1. The highest BCUT2D eigenvalue weighted by Gasteiger charge is 2.31. The van der Waals surface area contributed by atoms with Crippen LogP contribution in [0.4, 0.5) is 19.0 Å². The van der Waals surface area contributed by atoms with Crippen LogP contribution in [0.25, 0.3) is 11.0 Å². The summed E-state index contributed by atoms with van der Waals surface area (Å²) in [5.74, 6) is -0.177. The standard InChI is InChI=1S/C13H9F3N4S/c14-13(15,16)7-5-10(17)20-11(6-7)21-12-18-8-3-1-2-4-9(8)19-12/h1-6H,(H2,17,20)(H,18,19). The number of H-pyrrole nitrogens is 1. The number of hydrogen-bond donors (Lipinski definition) is 2. The summed E-state index contributed by atoms with van der Waals surface area (Å²) in [5, 5.41) is 0.601. The van der Waals surface area contributed by atoms with E-state index in [9.17, 15) is 13.2 Å². The molecule has 3 rings (SSSR count). The van der Waals surface area contributed by atoms with Crippen molar-refractivity contribution in [2.45, 2.75) is 16.4 Å². The molecule has 0 aliphatic heterocycles. The van der Waals surface area contributed by atoms with Crippen LogP contribution in [-0.4, -0.2) is 15.0 Å². The van der Waals surface area contributed by atoms with Crippen LogP contribution in [0.1, 0.15) is 5.56 Å². The van der Waals surface area contributed by atoms with Gasteiger partial charge in [0.15, 0.2) is 5.16 Å². The maximum atomic E-state index is 12.7. The number of imidazole rings is 1. The van der Waals surface area contributed by atoms with Crippen LogP contribution >= 0.6 is 11.8 Å². The number of nitrogen functional groups attached to an aromatic ring is 1. The summed E-state index contributed by atoms with van der Waals surface area (Å²) in [5.41, 5.74) is 6.15. The summed E-state index contributed by atoms with van der Waals surface area (Å²) in [6.45, 7) is 0. The summed E-state index contributed by atoms with van der Waals surface area (Å²) in [7, 11) is 0. The second kappa shape index (κ2) is 4.96. The van der Waals surface area contributed by atoms with Crippen LogP contribution in [-0.2, 0) is 6.18 Å². The van der Waals surface area contributed by atoms with Gasteiger partial charge >= 0.3 is 6.18 Å². The summed E-state index contributed by atoms with van der Waals surface area (Å²) < 4.78 is 38.2. The highest BCUT2D eigenvalue weighted by molar-refractivity contribution is 7.99. The zero-order valence-corrected chi connectivity index (χ0v) is 11.3. The van der Waals surface area contributed by atoms with Gasteiger partial charge in [-0.2, -0.15) is 13.2 Å². The highest BCUT2D eigenvalue weighted by atomic mass is 32.2. The van der Waals surface area contributed by atoms with E-state index < -0.39 is 11.7 Å². The Balaban J connectivity index is 1.95. The van der Waals surface area contributed by atoms with E-state index >= 15 is 0 Å². The van der Waals surface area contributed by atoms with E-state index in [1.54, 1.807) is 0 Å². The lowest BCUT2D eigenvalue weighted by Gasteiger charge is -2.08. The SMILES string of the molecule is Nc1cc(C(F)(F)F)cc(Sc2nc3ccccc3[nH]2)n1. The van der Waals surface area contributed by atoms with Gasteiger partial charge in [-0.25, -0.2) is 9.97 Å². The van der Waals surface area contributed by atoms with E-state index in [4.69, 9.17) is 5.73 Å². The van der Waals surface area contributed by atoms with Gasteiger partial charge in [0.05, 0.1) is 16.6 Å². The van der Waals surface area contributed by atoms with Crippen molar-refractivity contribution in [3.05, 3.63) is 42.0 Å². The number of pyridine rings is 1. The smallest absolute Gasteiger partial charge is 0.384 e. The molecule has 0 radical (unpaired) electrons. The number of nitrogens with two attached hydrogens (primary N) is 1. The third-order valence-electron chi connectivity index (χ3n) is 2.72. The van der Waals surface area contributed by atoms with Crippen LogP contribution in [0.5, 0.6) is 0 Å². The Kier molecular flexibility index (Phi) is 3.25. The molecule has 0 spiro atoms. The Morgan fingerprint density at radius 1 is 1.10 bits per heavy atom. The van der Waals surface area contributed by atoms with Gasteiger partial charge in [0.25, 0.3) is 0 Å². The molecule has 0 amide bonds. The van der Waals surface area contributed by atoms with Crippen LogP contribution in [0.3, 0.4) is 0 Å². The van der Waals surface area contributed by atoms with Crippen molar-refractivity contribution in [1.29, 1.82) is 0 Å². The number of rotatable bonds is 2. The molecule has 0 fully saturated rings. The molecule has 0 unspecified atom stereocenters. The molecule has 0 saturated carbocycles. The Morgan fingerprint density at radius 2 is 1.86 bits per heavy atom. The number of para-hydroxylation sites is 2. The second-order valence-electron chi connectivity index (χ2n) is 4.28. The van der Waals surface area contributed by atoms with E-state index in [0.29, 0.717) is 5.16 Å². The average Bonchev–Trinajstić information content (AvgIpc) is 2.79. The molecule has 2 heterocycles. The molecule has 21 heavy (non-hydrogen) atoms. The minimum absolute atomic E-state index is 0.140. The lowest BCUT2D eigenvalue weighted by molar-refractivity contribution is -0.137. The first-order valence-electron chi connectivity index (χ1n) is 5.89. The maximum Gasteiger partial charge on any atom is 0.416 e. The number of anilines is 1. The molecule has 1 aromatic carbocycles. The van der Waals surface area contributed by atoms with Gasteiger partial charge in [0.1, 0.15) is 10.8 Å². The summed E-state index contributed by atoms with van der Waals surface area (Å²) in [6, 6.07) is 9.08. The Morgan fingerprint density at radius 3 is 2.57 bits per heavy atom. The number of nitrogens with zero attached hydrogens (tertiary/aromatic N) is 2. The quantitative estimate of drug-likeness (QED) is 0.757. The van der Waals surface area contributed by atoms with Gasteiger partial charge in [-0.05, 0) is 36.0 Å². The molecule has 0 aliphatic rings. The van der Waals surface area contributed by atoms with Crippen LogP contribution in [0, 0.1) is 0 Å². The topological polar surface area (TPSA) is 67.6 Å². The van der Waals surface area contributed by atoms with E-state index in [1.165, 1.54) is 0 Å². The minimum Gasteiger partial charge on any atom is -0.384 e. The number of halogens is 3. The zero-order chi connectivity index (χ0) is 15.0. The van der Waals surface area contributed by atoms with Crippen molar-refractivity contribution < 1.29 is 13.2 Å². The van der Waals surface area contributed by atoms with Gasteiger partial charge in [0.2, 0.25) is 0 Å². The molecular weight excluding hydrogens is 301 g/mol. The third kappa shape index (κ3) is 2.94. The Bertz CT molecular complexity index is 764. The average molecular weight is 310 g/mol. The molecule has 0 atom stereocenters. The molecule has 0 saturated heterocycles. The first-order chi connectivity index (χ1) is 9.91. The summed E-state index contributed by atoms with van der Waals surface area (Å²) in [6.07, 6.45) is -4.46. The predicted octanol–water partition coefficient (Wildman–Crippen LogP) is 3.71. The van der Waals surface area contributed by atoms with Gasteiger partial charge < -0.3 is 10.7 Å². The maximum absolute atomic E-state index is 12.7. The summed E-state index contributed by atoms with van der Waals surface area (Å²) in [4.78, 5) is 11.2.